The maximum atomic E-state index is 5.48. The van der Waals surface area contributed by atoms with Gasteiger partial charge < -0.3 is 10.1 Å². The topological polar surface area (TPSA) is 34.1 Å². The van der Waals surface area contributed by atoms with Crippen molar-refractivity contribution in [2.24, 2.45) is 0 Å². The SMILES string of the molecule is C1Cc2sc(C3CCOCC3)nc2C(CNC2CC2)C1. The summed E-state index contributed by atoms with van der Waals surface area (Å²) in [4.78, 5) is 6.66. The van der Waals surface area contributed by atoms with Crippen LogP contribution in [0.3, 0.4) is 0 Å². The van der Waals surface area contributed by atoms with Gasteiger partial charge in [0, 0.05) is 42.5 Å². The lowest BCUT2D eigenvalue weighted by Gasteiger charge is -2.21. The lowest BCUT2D eigenvalue weighted by Crippen LogP contribution is -2.26. The van der Waals surface area contributed by atoms with Gasteiger partial charge in [-0.1, -0.05) is 0 Å². The summed E-state index contributed by atoms with van der Waals surface area (Å²) in [5.41, 5.74) is 1.44. The van der Waals surface area contributed by atoms with Crippen LogP contribution in [0.15, 0.2) is 0 Å². The number of aromatic nitrogens is 1. The van der Waals surface area contributed by atoms with Crippen molar-refractivity contribution in [2.45, 2.75) is 62.8 Å². The Balaban J connectivity index is 1.49. The molecule has 4 heteroatoms. The van der Waals surface area contributed by atoms with Gasteiger partial charge in [-0.05, 0) is 44.9 Å². The fraction of sp³-hybridized carbons (Fsp3) is 0.812. The van der Waals surface area contributed by atoms with E-state index in [9.17, 15) is 0 Å². The van der Waals surface area contributed by atoms with Gasteiger partial charge in [-0.3, -0.25) is 0 Å². The van der Waals surface area contributed by atoms with Crippen LogP contribution in [0.1, 0.15) is 65.9 Å². The van der Waals surface area contributed by atoms with Crippen molar-refractivity contribution >= 4 is 11.3 Å². The van der Waals surface area contributed by atoms with Crippen LogP contribution in [0.5, 0.6) is 0 Å². The van der Waals surface area contributed by atoms with E-state index in [1.807, 2.05) is 11.3 Å². The molecule has 0 radical (unpaired) electrons. The van der Waals surface area contributed by atoms with Gasteiger partial charge in [-0.15, -0.1) is 11.3 Å². The normalized spacial score (nSPS) is 27.5. The molecule has 2 heterocycles. The molecule has 2 fully saturated rings. The second-order valence-corrected chi connectivity index (χ2v) is 7.63. The van der Waals surface area contributed by atoms with Gasteiger partial charge >= 0.3 is 0 Å². The highest BCUT2D eigenvalue weighted by Crippen LogP contribution is 2.39. The molecule has 0 aromatic carbocycles. The van der Waals surface area contributed by atoms with E-state index < -0.39 is 0 Å². The first-order chi connectivity index (χ1) is 9.90. The van der Waals surface area contributed by atoms with Gasteiger partial charge in [0.1, 0.15) is 0 Å². The highest BCUT2D eigenvalue weighted by Gasteiger charge is 2.29. The maximum Gasteiger partial charge on any atom is 0.0963 e. The molecule has 3 aliphatic rings. The number of thiazole rings is 1. The quantitative estimate of drug-likeness (QED) is 0.925. The molecule has 1 N–H and O–H groups in total. The Kier molecular flexibility index (Phi) is 3.80. The summed E-state index contributed by atoms with van der Waals surface area (Å²) in [6.45, 7) is 2.98. The van der Waals surface area contributed by atoms with Crippen molar-refractivity contribution in [2.75, 3.05) is 19.8 Å². The molecule has 1 aromatic rings. The molecule has 110 valence electrons. The summed E-state index contributed by atoms with van der Waals surface area (Å²) in [6.07, 6.45) is 9.02. The summed E-state index contributed by atoms with van der Waals surface area (Å²) in [7, 11) is 0. The molecule has 4 rings (SSSR count). The molecule has 0 bridgehead atoms. The molecule has 2 aliphatic carbocycles. The van der Waals surface area contributed by atoms with E-state index in [0.717, 1.165) is 38.6 Å². The van der Waals surface area contributed by atoms with Crippen LogP contribution >= 0.6 is 11.3 Å². The average molecular weight is 292 g/mol. The number of ether oxygens (including phenoxy) is 1. The predicted molar refractivity (Wildman–Crippen MR) is 81.6 cm³/mol. The lowest BCUT2D eigenvalue weighted by atomic mass is 9.91. The van der Waals surface area contributed by atoms with Crippen molar-refractivity contribution in [1.29, 1.82) is 0 Å². The van der Waals surface area contributed by atoms with Crippen LogP contribution in [-0.4, -0.2) is 30.8 Å². The predicted octanol–water partition coefficient (Wildman–Crippen LogP) is 3.21. The van der Waals surface area contributed by atoms with Crippen molar-refractivity contribution in [3.8, 4) is 0 Å². The lowest BCUT2D eigenvalue weighted by molar-refractivity contribution is 0.0852. The van der Waals surface area contributed by atoms with Crippen molar-refractivity contribution in [3.63, 3.8) is 0 Å². The minimum absolute atomic E-state index is 0.663. The van der Waals surface area contributed by atoms with E-state index >= 15 is 0 Å². The first-order valence-corrected chi connectivity index (χ1v) is 9.02. The number of nitrogens with zero attached hydrogens (tertiary/aromatic N) is 1. The summed E-state index contributed by atoms with van der Waals surface area (Å²) < 4.78 is 5.48. The van der Waals surface area contributed by atoms with Gasteiger partial charge in [0.05, 0.1) is 10.7 Å². The minimum Gasteiger partial charge on any atom is -0.381 e. The van der Waals surface area contributed by atoms with Crippen LogP contribution in [0.25, 0.3) is 0 Å². The zero-order valence-electron chi connectivity index (χ0n) is 12.1. The summed E-state index contributed by atoms with van der Waals surface area (Å²) in [5, 5.41) is 5.10. The molecule has 0 spiro atoms. The van der Waals surface area contributed by atoms with Gasteiger partial charge in [0.2, 0.25) is 0 Å². The zero-order chi connectivity index (χ0) is 13.4. The Labute approximate surface area is 125 Å². The Morgan fingerprint density at radius 1 is 1.15 bits per heavy atom. The molecular weight excluding hydrogens is 268 g/mol. The standard InChI is InChI=1S/C16H24N2OS/c1-2-12(10-17-13-4-5-13)15-14(3-1)20-16(18-15)11-6-8-19-9-7-11/h11-13,17H,1-10H2. The molecule has 1 aliphatic heterocycles. The Morgan fingerprint density at radius 2 is 2.00 bits per heavy atom. The number of fused-ring (bicyclic) bond motifs is 1. The van der Waals surface area contributed by atoms with Gasteiger partial charge in [-0.2, -0.15) is 0 Å². The average Bonchev–Trinajstić information content (AvgIpc) is 3.22. The van der Waals surface area contributed by atoms with Crippen molar-refractivity contribution in [1.82, 2.24) is 10.3 Å². The van der Waals surface area contributed by atoms with Gasteiger partial charge in [0.15, 0.2) is 0 Å². The van der Waals surface area contributed by atoms with E-state index in [1.54, 1.807) is 4.88 Å². The van der Waals surface area contributed by atoms with Crippen LogP contribution in [0.4, 0.5) is 0 Å². The third-order valence-corrected chi connectivity index (χ3v) is 6.18. The van der Waals surface area contributed by atoms with Crippen LogP contribution in [-0.2, 0) is 11.2 Å². The first-order valence-electron chi connectivity index (χ1n) is 8.21. The summed E-state index contributed by atoms with van der Waals surface area (Å²) >= 11 is 2.00. The number of rotatable bonds is 4. The highest BCUT2D eigenvalue weighted by atomic mass is 32.1. The van der Waals surface area contributed by atoms with Crippen LogP contribution < -0.4 is 5.32 Å². The van der Waals surface area contributed by atoms with E-state index in [0.29, 0.717) is 11.8 Å². The highest BCUT2D eigenvalue weighted by molar-refractivity contribution is 7.11. The van der Waals surface area contributed by atoms with Crippen molar-refractivity contribution in [3.05, 3.63) is 15.6 Å². The fourth-order valence-corrected chi connectivity index (χ4v) is 4.80. The largest absolute Gasteiger partial charge is 0.381 e. The second kappa shape index (κ2) is 5.74. The van der Waals surface area contributed by atoms with E-state index in [-0.39, 0.29) is 0 Å². The fourth-order valence-electron chi connectivity index (χ4n) is 3.44. The molecular formula is C16H24N2OS. The van der Waals surface area contributed by atoms with Gasteiger partial charge in [-0.25, -0.2) is 4.98 Å². The molecule has 1 saturated carbocycles. The number of hydrogen-bond donors (Lipinski definition) is 1. The number of aryl methyl sites for hydroxylation is 1. The molecule has 0 amide bonds. The Hall–Kier alpha value is -0.450. The van der Waals surface area contributed by atoms with E-state index in [2.05, 4.69) is 5.32 Å². The summed E-state index contributed by atoms with van der Waals surface area (Å²) in [6, 6.07) is 0.814. The van der Waals surface area contributed by atoms with Gasteiger partial charge in [0.25, 0.3) is 0 Å². The van der Waals surface area contributed by atoms with Crippen LogP contribution in [0, 0.1) is 0 Å². The molecule has 1 unspecified atom stereocenters. The second-order valence-electron chi connectivity index (χ2n) is 6.52. The summed E-state index contributed by atoms with van der Waals surface area (Å²) in [5.74, 6) is 1.33. The third kappa shape index (κ3) is 2.78. The Morgan fingerprint density at radius 3 is 2.80 bits per heavy atom. The van der Waals surface area contributed by atoms with E-state index in [1.165, 1.54) is 42.8 Å². The monoisotopic (exact) mass is 292 g/mol. The smallest absolute Gasteiger partial charge is 0.0963 e. The first kappa shape index (κ1) is 13.2. The molecule has 1 saturated heterocycles. The number of nitrogens with one attached hydrogen (secondary N) is 1. The zero-order valence-corrected chi connectivity index (χ0v) is 12.9. The van der Waals surface area contributed by atoms with Crippen molar-refractivity contribution < 1.29 is 4.74 Å². The third-order valence-electron chi connectivity index (χ3n) is 4.89. The molecule has 1 aromatic heterocycles. The molecule has 20 heavy (non-hydrogen) atoms. The van der Waals surface area contributed by atoms with Crippen LogP contribution in [0.2, 0.25) is 0 Å². The minimum atomic E-state index is 0.663. The number of hydrogen-bond acceptors (Lipinski definition) is 4. The maximum absolute atomic E-state index is 5.48. The van der Waals surface area contributed by atoms with E-state index in [4.69, 9.17) is 9.72 Å². The Bertz CT molecular complexity index is 463. The molecule has 3 nitrogen and oxygen atoms in total. The molecule has 1 atom stereocenters.